The fraction of sp³-hybridized carbons (Fsp3) is 0.222. The minimum atomic E-state index is -2.65. The Morgan fingerprint density at radius 2 is 2.08 bits per heavy atom. The lowest BCUT2D eigenvalue weighted by atomic mass is 10.1. The van der Waals surface area contributed by atoms with Gasteiger partial charge in [-0.3, -0.25) is 9.48 Å². The standard InChI is InChI=1S/C18H17F2N5O/c1-11-5-13(14-8-22-25(10-14)9-12(2)26)7-15(6-11)23-18-21-4-3-16(24-18)17(19)20/h3-8,10,17H,9H2,1-2H3,(H,21,23,24). The lowest BCUT2D eigenvalue weighted by Gasteiger charge is -2.09. The van der Waals surface area contributed by atoms with E-state index in [-0.39, 0.29) is 24.0 Å². The van der Waals surface area contributed by atoms with Crippen LogP contribution in [0.15, 0.2) is 42.9 Å². The highest BCUT2D eigenvalue weighted by atomic mass is 19.3. The van der Waals surface area contributed by atoms with Gasteiger partial charge in [0, 0.05) is 23.6 Å². The fourth-order valence-electron chi connectivity index (χ4n) is 2.53. The van der Waals surface area contributed by atoms with Gasteiger partial charge in [0.25, 0.3) is 6.43 Å². The first kappa shape index (κ1) is 17.7. The molecule has 3 rings (SSSR count). The van der Waals surface area contributed by atoms with Crippen LogP contribution in [0.2, 0.25) is 0 Å². The van der Waals surface area contributed by atoms with Crippen LogP contribution in [0.25, 0.3) is 11.1 Å². The Labute approximate surface area is 148 Å². The molecule has 0 fully saturated rings. The van der Waals surface area contributed by atoms with Gasteiger partial charge in [0.2, 0.25) is 5.95 Å². The van der Waals surface area contributed by atoms with Crippen LogP contribution in [0.4, 0.5) is 20.4 Å². The van der Waals surface area contributed by atoms with Crippen molar-refractivity contribution >= 4 is 17.4 Å². The molecule has 1 N–H and O–H groups in total. The molecule has 0 bridgehead atoms. The predicted molar refractivity (Wildman–Crippen MR) is 93.4 cm³/mol. The molecule has 0 atom stereocenters. The smallest absolute Gasteiger partial charge is 0.280 e. The number of nitrogens with one attached hydrogen (secondary N) is 1. The van der Waals surface area contributed by atoms with Crippen molar-refractivity contribution in [3.63, 3.8) is 0 Å². The molecule has 2 aromatic heterocycles. The monoisotopic (exact) mass is 357 g/mol. The van der Waals surface area contributed by atoms with Crippen LogP contribution in [-0.4, -0.2) is 25.5 Å². The molecule has 134 valence electrons. The number of Topliss-reactive ketones (excluding diaryl/α,β-unsaturated/α-hetero) is 1. The maximum atomic E-state index is 12.8. The second kappa shape index (κ2) is 7.38. The van der Waals surface area contributed by atoms with Crippen molar-refractivity contribution in [3.8, 4) is 11.1 Å². The van der Waals surface area contributed by atoms with Crippen molar-refractivity contribution in [2.75, 3.05) is 5.32 Å². The highest BCUT2D eigenvalue weighted by molar-refractivity contribution is 5.75. The summed E-state index contributed by atoms with van der Waals surface area (Å²) < 4.78 is 27.1. The van der Waals surface area contributed by atoms with E-state index >= 15 is 0 Å². The molecule has 1 aromatic carbocycles. The first-order valence-electron chi connectivity index (χ1n) is 7.93. The SMILES string of the molecule is CC(=O)Cn1cc(-c2cc(C)cc(Nc3nccc(C(F)F)n3)c2)cn1. The Morgan fingerprint density at radius 1 is 1.27 bits per heavy atom. The Balaban J connectivity index is 1.87. The van der Waals surface area contributed by atoms with Crippen LogP contribution in [0.1, 0.15) is 24.6 Å². The van der Waals surface area contributed by atoms with E-state index in [0.717, 1.165) is 16.7 Å². The summed E-state index contributed by atoms with van der Waals surface area (Å²) in [5.41, 5.74) is 3.04. The van der Waals surface area contributed by atoms with Crippen molar-refractivity contribution in [2.45, 2.75) is 26.8 Å². The number of carbonyl (C=O) groups is 1. The lowest BCUT2D eigenvalue weighted by molar-refractivity contribution is -0.117. The van der Waals surface area contributed by atoms with E-state index in [1.165, 1.54) is 19.2 Å². The third-order valence-electron chi connectivity index (χ3n) is 3.59. The van der Waals surface area contributed by atoms with Crippen LogP contribution in [-0.2, 0) is 11.3 Å². The van der Waals surface area contributed by atoms with E-state index in [4.69, 9.17) is 0 Å². The number of alkyl halides is 2. The third-order valence-corrected chi connectivity index (χ3v) is 3.59. The van der Waals surface area contributed by atoms with Gasteiger partial charge in [0.05, 0.1) is 12.7 Å². The molecule has 0 aliphatic rings. The quantitative estimate of drug-likeness (QED) is 0.724. The Hall–Kier alpha value is -3.16. The average Bonchev–Trinajstić information content (AvgIpc) is 3.02. The molecule has 26 heavy (non-hydrogen) atoms. The first-order chi connectivity index (χ1) is 12.4. The van der Waals surface area contributed by atoms with Crippen LogP contribution in [0.5, 0.6) is 0 Å². The minimum Gasteiger partial charge on any atom is -0.324 e. The molecule has 0 saturated carbocycles. The molecular formula is C18H17F2N5O. The molecule has 8 heteroatoms. The molecule has 0 spiro atoms. The van der Waals surface area contributed by atoms with Crippen LogP contribution >= 0.6 is 0 Å². The van der Waals surface area contributed by atoms with Gasteiger partial charge in [-0.1, -0.05) is 6.07 Å². The molecule has 0 unspecified atom stereocenters. The van der Waals surface area contributed by atoms with Crippen molar-refractivity contribution < 1.29 is 13.6 Å². The van der Waals surface area contributed by atoms with Crippen LogP contribution in [0.3, 0.4) is 0 Å². The Morgan fingerprint density at radius 3 is 2.81 bits per heavy atom. The lowest BCUT2D eigenvalue weighted by Crippen LogP contribution is -2.05. The number of benzene rings is 1. The fourth-order valence-corrected chi connectivity index (χ4v) is 2.53. The number of hydrogen-bond acceptors (Lipinski definition) is 5. The van der Waals surface area contributed by atoms with E-state index in [2.05, 4.69) is 20.4 Å². The maximum absolute atomic E-state index is 12.8. The van der Waals surface area contributed by atoms with Gasteiger partial charge < -0.3 is 5.32 Å². The van der Waals surface area contributed by atoms with Crippen molar-refractivity contribution in [2.24, 2.45) is 0 Å². The topological polar surface area (TPSA) is 72.7 Å². The average molecular weight is 357 g/mol. The van der Waals surface area contributed by atoms with Crippen molar-refractivity contribution in [3.05, 3.63) is 54.1 Å². The summed E-state index contributed by atoms with van der Waals surface area (Å²) in [4.78, 5) is 19.0. The number of rotatable bonds is 6. The van der Waals surface area contributed by atoms with E-state index in [9.17, 15) is 13.6 Å². The Kier molecular flexibility index (Phi) is 5.01. The number of anilines is 2. The van der Waals surface area contributed by atoms with Gasteiger partial charge in [-0.2, -0.15) is 5.10 Å². The van der Waals surface area contributed by atoms with Gasteiger partial charge >= 0.3 is 0 Å². The second-order valence-electron chi connectivity index (χ2n) is 5.95. The molecule has 0 amide bonds. The summed E-state index contributed by atoms with van der Waals surface area (Å²) >= 11 is 0. The van der Waals surface area contributed by atoms with Gasteiger partial charge in [0.15, 0.2) is 5.78 Å². The molecule has 0 aliphatic heterocycles. The molecule has 0 saturated heterocycles. The predicted octanol–water partition coefficient (Wildman–Crippen LogP) is 3.92. The van der Waals surface area contributed by atoms with Gasteiger partial charge in [-0.25, -0.2) is 18.7 Å². The summed E-state index contributed by atoms with van der Waals surface area (Å²) in [6.07, 6.45) is 2.10. The number of hydrogen-bond donors (Lipinski definition) is 1. The number of halogens is 2. The summed E-state index contributed by atoms with van der Waals surface area (Å²) in [5, 5.41) is 7.13. The van der Waals surface area contributed by atoms with E-state index < -0.39 is 6.43 Å². The highest BCUT2D eigenvalue weighted by Gasteiger charge is 2.11. The first-order valence-corrected chi connectivity index (χ1v) is 7.93. The maximum Gasteiger partial charge on any atom is 0.280 e. The largest absolute Gasteiger partial charge is 0.324 e. The Bertz CT molecular complexity index is 939. The van der Waals surface area contributed by atoms with E-state index in [1.54, 1.807) is 17.1 Å². The summed E-state index contributed by atoms with van der Waals surface area (Å²) in [5.74, 6) is 0.119. The van der Waals surface area contributed by atoms with Crippen LogP contribution in [0, 0.1) is 6.92 Å². The zero-order valence-electron chi connectivity index (χ0n) is 14.3. The molecule has 0 aliphatic carbocycles. The molecule has 0 radical (unpaired) electrons. The number of aromatic nitrogens is 4. The number of ketones is 1. The molecule has 2 heterocycles. The van der Waals surface area contributed by atoms with E-state index in [0.29, 0.717) is 5.69 Å². The zero-order chi connectivity index (χ0) is 18.7. The second-order valence-corrected chi connectivity index (χ2v) is 5.95. The molecule has 6 nitrogen and oxygen atoms in total. The van der Waals surface area contributed by atoms with E-state index in [1.807, 2.05) is 25.1 Å². The van der Waals surface area contributed by atoms with Crippen molar-refractivity contribution in [1.82, 2.24) is 19.7 Å². The minimum absolute atomic E-state index is 0.0160. The number of carbonyl (C=O) groups excluding carboxylic acids is 1. The normalized spacial score (nSPS) is 11.0. The number of aryl methyl sites for hydroxylation is 1. The summed E-state index contributed by atoms with van der Waals surface area (Å²) in [6, 6.07) is 6.86. The number of nitrogens with zero attached hydrogens (tertiary/aromatic N) is 4. The third kappa shape index (κ3) is 4.27. The van der Waals surface area contributed by atoms with Crippen LogP contribution < -0.4 is 5.32 Å². The summed E-state index contributed by atoms with van der Waals surface area (Å²) in [6.45, 7) is 3.64. The van der Waals surface area contributed by atoms with Crippen molar-refractivity contribution in [1.29, 1.82) is 0 Å². The van der Waals surface area contributed by atoms with Gasteiger partial charge in [-0.05, 0) is 43.2 Å². The van der Waals surface area contributed by atoms with Gasteiger partial charge in [-0.15, -0.1) is 0 Å². The molecule has 3 aromatic rings. The zero-order valence-corrected chi connectivity index (χ0v) is 14.3. The van der Waals surface area contributed by atoms with Gasteiger partial charge in [0.1, 0.15) is 5.69 Å². The highest BCUT2D eigenvalue weighted by Crippen LogP contribution is 2.26. The molecular weight excluding hydrogens is 340 g/mol. The summed E-state index contributed by atoms with van der Waals surface area (Å²) in [7, 11) is 0.